The average Bonchev–Trinajstić information content (AvgIpc) is 2.45. The van der Waals surface area contributed by atoms with Crippen LogP contribution in [0.5, 0.6) is 0 Å². The van der Waals surface area contributed by atoms with Crippen LogP contribution in [0, 0.1) is 6.92 Å². The molecular formula is C15H19ClN4. The molecule has 0 amide bonds. The summed E-state index contributed by atoms with van der Waals surface area (Å²) < 4.78 is 0. The highest BCUT2D eigenvalue weighted by atomic mass is 35.5. The molecule has 0 spiro atoms. The van der Waals surface area contributed by atoms with E-state index in [9.17, 15) is 0 Å². The van der Waals surface area contributed by atoms with E-state index in [0.29, 0.717) is 5.02 Å². The number of aryl methyl sites for hydroxylation is 1. The highest BCUT2D eigenvalue weighted by Gasteiger charge is 2.11. The lowest BCUT2D eigenvalue weighted by Gasteiger charge is -2.14. The van der Waals surface area contributed by atoms with Crippen LogP contribution in [0.25, 0.3) is 0 Å². The molecule has 1 heterocycles. The lowest BCUT2D eigenvalue weighted by Crippen LogP contribution is -2.05. The summed E-state index contributed by atoms with van der Waals surface area (Å²) in [5.74, 6) is 1.66. The van der Waals surface area contributed by atoms with Crippen LogP contribution < -0.4 is 10.6 Å². The number of hydrogen-bond donors (Lipinski definition) is 2. The van der Waals surface area contributed by atoms with Gasteiger partial charge in [0, 0.05) is 12.6 Å². The van der Waals surface area contributed by atoms with Crippen LogP contribution in [-0.2, 0) is 6.42 Å². The fraction of sp³-hybridized carbons (Fsp3) is 0.333. The zero-order valence-electron chi connectivity index (χ0n) is 12.0. The van der Waals surface area contributed by atoms with Crippen LogP contribution in [0.4, 0.5) is 17.3 Å². The monoisotopic (exact) mass is 290 g/mol. The number of nitrogens with zero attached hydrogens (tertiary/aromatic N) is 2. The Morgan fingerprint density at radius 2 is 1.95 bits per heavy atom. The molecule has 0 saturated carbocycles. The van der Waals surface area contributed by atoms with E-state index in [2.05, 4.69) is 27.5 Å². The van der Waals surface area contributed by atoms with Gasteiger partial charge in [-0.25, -0.2) is 9.97 Å². The highest BCUT2D eigenvalue weighted by Crippen LogP contribution is 2.29. The van der Waals surface area contributed by atoms with Gasteiger partial charge in [0.25, 0.3) is 0 Å². The molecule has 2 N–H and O–H groups in total. The number of nitrogens with one attached hydrogen (secondary N) is 2. The van der Waals surface area contributed by atoms with Crippen molar-refractivity contribution >= 4 is 28.9 Å². The number of anilines is 3. The molecule has 1 aromatic carbocycles. The lowest BCUT2D eigenvalue weighted by atomic mass is 10.1. The molecular weight excluding hydrogens is 272 g/mol. The molecule has 20 heavy (non-hydrogen) atoms. The predicted octanol–water partition coefficient (Wildman–Crippen LogP) is 4.18. The molecule has 0 bridgehead atoms. The van der Waals surface area contributed by atoms with Gasteiger partial charge in [-0.2, -0.15) is 0 Å². The molecule has 4 nitrogen and oxygen atoms in total. The summed E-state index contributed by atoms with van der Waals surface area (Å²) in [6.45, 7) is 4.17. The Balaban J connectivity index is 2.39. The minimum atomic E-state index is 0.683. The summed E-state index contributed by atoms with van der Waals surface area (Å²) in [7, 11) is 1.87. The van der Waals surface area contributed by atoms with Crippen molar-refractivity contribution in [1.29, 1.82) is 0 Å². The van der Waals surface area contributed by atoms with E-state index in [-0.39, 0.29) is 0 Å². The number of rotatable bonds is 5. The van der Waals surface area contributed by atoms with E-state index in [1.54, 1.807) is 6.33 Å². The summed E-state index contributed by atoms with van der Waals surface area (Å²) in [6, 6.07) is 5.89. The molecule has 5 heteroatoms. The molecule has 2 rings (SSSR count). The summed E-state index contributed by atoms with van der Waals surface area (Å²) in [5.41, 5.74) is 3.09. The Morgan fingerprint density at radius 3 is 2.65 bits per heavy atom. The summed E-state index contributed by atoms with van der Waals surface area (Å²) in [6.07, 6.45) is 3.48. The second-order valence-electron chi connectivity index (χ2n) is 4.66. The Labute approximate surface area is 124 Å². The van der Waals surface area contributed by atoms with Gasteiger partial charge in [-0.15, -0.1) is 0 Å². The first-order chi connectivity index (χ1) is 9.65. The maximum absolute atomic E-state index is 6.23. The number of aromatic nitrogens is 2. The van der Waals surface area contributed by atoms with Crippen LogP contribution >= 0.6 is 11.6 Å². The molecule has 0 aliphatic heterocycles. The SMILES string of the molecule is CCCc1c(NC)ncnc1Nc1cc(C)ccc1Cl. The topological polar surface area (TPSA) is 49.8 Å². The van der Waals surface area contributed by atoms with Gasteiger partial charge in [-0.3, -0.25) is 0 Å². The van der Waals surface area contributed by atoms with Crippen molar-refractivity contribution in [3.05, 3.63) is 40.7 Å². The Hall–Kier alpha value is -1.81. The van der Waals surface area contributed by atoms with Gasteiger partial charge in [0.1, 0.15) is 18.0 Å². The van der Waals surface area contributed by atoms with Crippen molar-refractivity contribution in [2.24, 2.45) is 0 Å². The average molecular weight is 291 g/mol. The zero-order valence-corrected chi connectivity index (χ0v) is 12.8. The first-order valence-corrected chi connectivity index (χ1v) is 7.08. The second-order valence-corrected chi connectivity index (χ2v) is 5.06. The van der Waals surface area contributed by atoms with Gasteiger partial charge in [0.05, 0.1) is 10.7 Å². The van der Waals surface area contributed by atoms with Crippen molar-refractivity contribution < 1.29 is 0 Å². The van der Waals surface area contributed by atoms with Gasteiger partial charge in [-0.1, -0.05) is 31.0 Å². The molecule has 0 aliphatic carbocycles. The maximum Gasteiger partial charge on any atom is 0.139 e. The lowest BCUT2D eigenvalue weighted by molar-refractivity contribution is 0.905. The highest BCUT2D eigenvalue weighted by molar-refractivity contribution is 6.33. The quantitative estimate of drug-likeness (QED) is 0.867. The van der Waals surface area contributed by atoms with E-state index in [1.807, 2.05) is 32.2 Å². The summed E-state index contributed by atoms with van der Waals surface area (Å²) in [5, 5.41) is 7.11. The number of hydrogen-bond acceptors (Lipinski definition) is 4. The molecule has 1 aromatic heterocycles. The number of halogens is 1. The van der Waals surface area contributed by atoms with Crippen molar-refractivity contribution in [3.8, 4) is 0 Å². The van der Waals surface area contributed by atoms with Crippen LogP contribution in [0.1, 0.15) is 24.5 Å². The normalized spacial score (nSPS) is 10.4. The third-order valence-electron chi connectivity index (χ3n) is 3.06. The fourth-order valence-electron chi connectivity index (χ4n) is 2.08. The Morgan fingerprint density at radius 1 is 1.20 bits per heavy atom. The molecule has 2 aromatic rings. The van der Waals surface area contributed by atoms with Gasteiger partial charge >= 0.3 is 0 Å². The van der Waals surface area contributed by atoms with Gasteiger partial charge in [0.2, 0.25) is 0 Å². The van der Waals surface area contributed by atoms with E-state index < -0.39 is 0 Å². The molecule has 0 aliphatic rings. The number of benzene rings is 1. The molecule has 106 valence electrons. The molecule has 0 saturated heterocycles. The van der Waals surface area contributed by atoms with Crippen molar-refractivity contribution in [1.82, 2.24) is 9.97 Å². The van der Waals surface area contributed by atoms with Crippen molar-refractivity contribution in [2.45, 2.75) is 26.7 Å². The minimum absolute atomic E-state index is 0.683. The third-order valence-corrected chi connectivity index (χ3v) is 3.39. The van der Waals surface area contributed by atoms with Gasteiger partial charge < -0.3 is 10.6 Å². The van der Waals surface area contributed by atoms with Crippen LogP contribution in [0.2, 0.25) is 5.02 Å². The van der Waals surface area contributed by atoms with E-state index in [0.717, 1.165) is 41.3 Å². The minimum Gasteiger partial charge on any atom is -0.373 e. The third kappa shape index (κ3) is 3.20. The zero-order chi connectivity index (χ0) is 14.5. The van der Waals surface area contributed by atoms with E-state index in [1.165, 1.54) is 0 Å². The Bertz CT molecular complexity index is 598. The first-order valence-electron chi connectivity index (χ1n) is 6.70. The second kappa shape index (κ2) is 6.57. The van der Waals surface area contributed by atoms with Gasteiger partial charge in [-0.05, 0) is 31.0 Å². The summed E-state index contributed by atoms with van der Waals surface area (Å²) in [4.78, 5) is 8.61. The van der Waals surface area contributed by atoms with Crippen LogP contribution in [0.3, 0.4) is 0 Å². The Kier molecular flexibility index (Phi) is 4.79. The smallest absolute Gasteiger partial charge is 0.139 e. The molecule has 0 fully saturated rings. The first kappa shape index (κ1) is 14.6. The van der Waals surface area contributed by atoms with Crippen LogP contribution in [-0.4, -0.2) is 17.0 Å². The fourth-order valence-corrected chi connectivity index (χ4v) is 2.25. The maximum atomic E-state index is 6.23. The summed E-state index contributed by atoms with van der Waals surface area (Å²) >= 11 is 6.23. The van der Waals surface area contributed by atoms with Crippen molar-refractivity contribution in [3.63, 3.8) is 0 Å². The molecule has 0 atom stereocenters. The van der Waals surface area contributed by atoms with Crippen molar-refractivity contribution in [2.75, 3.05) is 17.7 Å². The van der Waals surface area contributed by atoms with Gasteiger partial charge in [0.15, 0.2) is 0 Å². The van der Waals surface area contributed by atoms with E-state index >= 15 is 0 Å². The van der Waals surface area contributed by atoms with E-state index in [4.69, 9.17) is 11.6 Å². The predicted molar refractivity (Wildman–Crippen MR) is 85.0 cm³/mol. The molecule has 0 radical (unpaired) electrons. The molecule has 0 unspecified atom stereocenters. The van der Waals surface area contributed by atoms with Crippen LogP contribution in [0.15, 0.2) is 24.5 Å². The standard InChI is InChI=1S/C15H19ClN4/c1-4-5-11-14(17-3)18-9-19-15(11)20-13-8-10(2)6-7-12(13)16/h6-9H,4-5H2,1-3H3,(H2,17,18,19,20). The largest absolute Gasteiger partial charge is 0.373 e.